The molecule has 0 aliphatic heterocycles. The Labute approximate surface area is 157 Å². The number of esters is 1. The highest BCUT2D eigenvalue weighted by molar-refractivity contribution is 14.1. The number of carbonyl (C=O) groups is 1. The summed E-state index contributed by atoms with van der Waals surface area (Å²) in [6, 6.07) is 3.99. The van der Waals surface area contributed by atoms with Gasteiger partial charge in [-0.1, -0.05) is 0 Å². The average Bonchev–Trinajstić information content (AvgIpc) is 2.55. The van der Waals surface area contributed by atoms with Gasteiger partial charge in [0.15, 0.2) is 16.5 Å². The second-order valence-electron chi connectivity index (χ2n) is 4.62. The van der Waals surface area contributed by atoms with Crippen LogP contribution in [0, 0.1) is 26.8 Å². The third-order valence-corrected chi connectivity index (χ3v) is 4.56. The number of benzene rings is 2. The molecular formula is C14H7F4IO6S. The number of rotatable bonds is 4. The molecule has 0 saturated carbocycles. The maximum absolute atomic E-state index is 13.9. The number of carbonyl (C=O) groups excluding carboxylic acids is 1. The summed E-state index contributed by atoms with van der Waals surface area (Å²) in [5, 5.41) is 0. The Morgan fingerprint density at radius 2 is 1.62 bits per heavy atom. The maximum atomic E-state index is 13.9. The highest BCUT2D eigenvalue weighted by atomic mass is 127. The van der Waals surface area contributed by atoms with E-state index >= 15 is 0 Å². The lowest BCUT2D eigenvalue weighted by Gasteiger charge is -2.12. The quantitative estimate of drug-likeness (QED) is 0.171. The van der Waals surface area contributed by atoms with Crippen LogP contribution in [0.25, 0.3) is 0 Å². The SMILES string of the molecule is COc1cc(I)ccc1C(=O)Oc1c(F)c(F)c(S(=O)(=O)O)c(F)c1F. The van der Waals surface area contributed by atoms with E-state index in [4.69, 9.17) is 9.29 Å². The van der Waals surface area contributed by atoms with Crippen LogP contribution < -0.4 is 9.47 Å². The number of methoxy groups -OCH3 is 1. The molecule has 2 rings (SSSR count). The number of hydrogen-bond acceptors (Lipinski definition) is 5. The highest BCUT2D eigenvalue weighted by Crippen LogP contribution is 2.33. The zero-order valence-corrected chi connectivity index (χ0v) is 15.5. The molecule has 0 heterocycles. The van der Waals surface area contributed by atoms with Crippen LogP contribution in [0.2, 0.25) is 0 Å². The first-order valence-electron chi connectivity index (χ1n) is 6.38. The predicted octanol–water partition coefficient (Wildman–Crippen LogP) is 3.32. The summed E-state index contributed by atoms with van der Waals surface area (Å²) < 4.78 is 95.5. The Morgan fingerprint density at radius 3 is 2.08 bits per heavy atom. The van der Waals surface area contributed by atoms with Crippen molar-refractivity contribution < 1.29 is 44.8 Å². The van der Waals surface area contributed by atoms with E-state index in [1.54, 1.807) is 0 Å². The lowest BCUT2D eigenvalue weighted by atomic mass is 10.2. The zero-order valence-electron chi connectivity index (χ0n) is 12.5. The molecule has 0 spiro atoms. The molecule has 0 radical (unpaired) electrons. The molecule has 0 aromatic heterocycles. The van der Waals surface area contributed by atoms with Gasteiger partial charge in [-0.25, -0.2) is 13.6 Å². The van der Waals surface area contributed by atoms with Crippen LogP contribution in [0.5, 0.6) is 11.5 Å². The lowest BCUT2D eigenvalue weighted by Crippen LogP contribution is -2.16. The second kappa shape index (κ2) is 7.36. The van der Waals surface area contributed by atoms with Crippen LogP contribution in [0.4, 0.5) is 17.6 Å². The minimum Gasteiger partial charge on any atom is -0.496 e. The van der Waals surface area contributed by atoms with Gasteiger partial charge in [0, 0.05) is 3.57 Å². The molecule has 0 aliphatic carbocycles. The molecule has 0 aliphatic rings. The summed E-state index contributed by atoms with van der Waals surface area (Å²) in [7, 11) is -4.42. The zero-order chi connectivity index (χ0) is 19.8. The van der Waals surface area contributed by atoms with Crippen LogP contribution in [-0.4, -0.2) is 26.0 Å². The summed E-state index contributed by atoms with van der Waals surface area (Å²) in [5.41, 5.74) is -0.314. The Bertz CT molecular complexity index is 980. The van der Waals surface area contributed by atoms with Crippen LogP contribution in [-0.2, 0) is 10.1 Å². The van der Waals surface area contributed by atoms with Crippen molar-refractivity contribution >= 4 is 38.7 Å². The van der Waals surface area contributed by atoms with Crippen molar-refractivity contribution in [2.45, 2.75) is 4.90 Å². The topological polar surface area (TPSA) is 89.9 Å². The highest BCUT2D eigenvalue weighted by Gasteiger charge is 2.34. The summed E-state index contributed by atoms with van der Waals surface area (Å²) >= 11 is 1.89. The van der Waals surface area contributed by atoms with Gasteiger partial charge in [-0.3, -0.25) is 4.55 Å². The normalized spacial score (nSPS) is 11.3. The third-order valence-electron chi connectivity index (χ3n) is 3.02. The fourth-order valence-corrected chi connectivity index (χ4v) is 2.98. The number of hydrogen-bond donors (Lipinski definition) is 1. The van der Waals surface area contributed by atoms with Crippen LogP contribution in [0.15, 0.2) is 23.1 Å². The first-order valence-corrected chi connectivity index (χ1v) is 8.90. The minimum absolute atomic E-state index is 0.0433. The molecule has 0 bridgehead atoms. The van der Waals surface area contributed by atoms with E-state index in [-0.39, 0.29) is 11.3 Å². The Morgan fingerprint density at radius 1 is 1.08 bits per heavy atom. The van der Waals surface area contributed by atoms with E-state index in [1.807, 2.05) is 22.6 Å². The van der Waals surface area contributed by atoms with Crippen molar-refractivity contribution in [3.63, 3.8) is 0 Å². The molecule has 0 amide bonds. The molecule has 2 aromatic carbocycles. The largest absolute Gasteiger partial charge is 0.496 e. The number of ether oxygens (including phenoxy) is 2. The van der Waals surface area contributed by atoms with Gasteiger partial charge >= 0.3 is 16.1 Å². The molecular weight excluding hydrogens is 499 g/mol. The maximum Gasteiger partial charge on any atom is 0.347 e. The van der Waals surface area contributed by atoms with Gasteiger partial charge in [-0.2, -0.15) is 17.2 Å². The molecule has 2 aromatic rings. The van der Waals surface area contributed by atoms with Gasteiger partial charge in [0.2, 0.25) is 17.4 Å². The van der Waals surface area contributed by atoms with E-state index < -0.39 is 50.0 Å². The first-order chi connectivity index (χ1) is 12.0. The molecule has 0 saturated heterocycles. The minimum atomic E-state index is -5.61. The second-order valence-corrected chi connectivity index (χ2v) is 7.23. The molecule has 6 nitrogen and oxygen atoms in total. The average molecular weight is 506 g/mol. The van der Waals surface area contributed by atoms with Crippen LogP contribution >= 0.6 is 22.6 Å². The van der Waals surface area contributed by atoms with Crippen molar-refractivity contribution in [3.05, 3.63) is 50.6 Å². The van der Waals surface area contributed by atoms with E-state index in [0.717, 1.165) is 0 Å². The van der Waals surface area contributed by atoms with Gasteiger partial charge in [-0.15, -0.1) is 0 Å². The third kappa shape index (κ3) is 3.76. The molecule has 0 unspecified atom stereocenters. The van der Waals surface area contributed by atoms with Gasteiger partial charge in [0.25, 0.3) is 0 Å². The fourth-order valence-electron chi connectivity index (χ4n) is 1.89. The van der Waals surface area contributed by atoms with Gasteiger partial charge < -0.3 is 9.47 Å². The Kier molecular flexibility index (Phi) is 5.77. The summed E-state index contributed by atoms with van der Waals surface area (Å²) in [5.74, 6) is -12.8. The summed E-state index contributed by atoms with van der Waals surface area (Å²) in [6.07, 6.45) is 0. The van der Waals surface area contributed by atoms with E-state index in [2.05, 4.69) is 4.74 Å². The molecule has 140 valence electrons. The first kappa shape index (κ1) is 20.4. The molecule has 1 N–H and O–H groups in total. The Balaban J connectivity index is 2.57. The van der Waals surface area contributed by atoms with E-state index in [0.29, 0.717) is 3.57 Å². The molecule has 12 heteroatoms. The lowest BCUT2D eigenvalue weighted by molar-refractivity contribution is 0.0713. The van der Waals surface area contributed by atoms with E-state index in [1.165, 1.54) is 25.3 Å². The van der Waals surface area contributed by atoms with Gasteiger partial charge in [0.1, 0.15) is 11.3 Å². The van der Waals surface area contributed by atoms with Crippen molar-refractivity contribution in [1.29, 1.82) is 0 Å². The number of halogens is 5. The molecule has 0 fully saturated rings. The van der Waals surface area contributed by atoms with Crippen LogP contribution in [0.3, 0.4) is 0 Å². The van der Waals surface area contributed by atoms with Gasteiger partial charge in [0.05, 0.1) is 7.11 Å². The Hall–Kier alpha value is -1.93. The van der Waals surface area contributed by atoms with Crippen molar-refractivity contribution in [2.75, 3.05) is 7.11 Å². The monoisotopic (exact) mass is 506 g/mol. The molecule has 0 atom stereocenters. The van der Waals surface area contributed by atoms with Gasteiger partial charge in [-0.05, 0) is 40.8 Å². The van der Waals surface area contributed by atoms with Crippen LogP contribution in [0.1, 0.15) is 10.4 Å². The molecule has 26 heavy (non-hydrogen) atoms. The fraction of sp³-hybridized carbons (Fsp3) is 0.0714. The smallest absolute Gasteiger partial charge is 0.347 e. The van der Waals surface area contributed by atoms with Crippen molar-refractivity contribution in [1.82, 2.24) is 0 Å². The predicted molar refractivity (Wildman–Crippen MR) is 86.8 cm³/mol. The standard InChI is InChI=1S/C14H7F4IO6S/c1-24-7-4-5(19)2-3-6(7)14(20)25-12-8(15)10(17)13(26(21,22)23)11(18)9(12)16/h2-4H,1H3,(H,21,22,23). The summed E-state index contributed by atoms with van der Waals surface area (Å²) in [4.78, 5) is 9.83. The van der Waals surface area contributed by atoms with E-state index in [9.17, 15) is 30.8 Å². The summed E-state index contributed by atoms with van der Waals surface area (Å²) in [6.45, 7) is 0. The van der Waals surface area contributed by atoms with Crippen molar-refractivity contribution in [3.8, 4) is 11.5 Å². The van der Waals surface area contributed by atoms with Crippen molar-refractivity contribution in [2.24, 2.45) is 0 Å².